The van der Waals surface area contributed by atoms with Crippen molar-refractivity contribution in [1.82, 2.24) is 0 Å². The van der Waals surface area contributed by atoms with Crippen molar-refractivity contribution < 1.29 is 4.74 Å². The molecule has 2 N–H and O–H groups in total. The molecule has 1 rings (SSSR count). The van der Waals surface area contributed by atoms with Crippen LogP contribution in [-0.2, 0) is 6.42 Å². The zero-order valence-corrected chi connectivity index (χ0v) is 11.8. The molecule has 1 aromatic carbocycles. The molecule has 0 aromatic heterocycles. The van der Waals surface area contributed by atoms with Gasteiger partial charge in [0, 0.05) is 6.04 Å². The summed E-state index contributed by atoms with van der Waals surface area (Å²) >= 11 is 3.50. The van der Waals surface area contributed by atoms with Crippen LogP contribution in [0.3, 0.4) is 0 Å². The minimum atomic E-state index is 0.242. The standard InChI is InChI=1S/C13H20BrNO/c1-4-11(9(2)15)7-10-5-6-13(16-3)12(14)8-10/h5-6,8-9,11H,4,7,15H2,1-3H3. The van der Waals surface area contributed by atoms with Gasteiger partial charge in [-0.2, -0.15) is 0 Å². The van der Waals surface area contributed by atoms with E-state index in [4.69, 9.17) is 10.5 Å². The molecule has 0 saturated carbocycles. The van der Waals surface area contributed by atoms with Crippen molar-refractivity contribution in [2.75, 3.05) is 7.11 Å². The van der Waals surface area contributed by atoms with Gasteiger partial charge in [-0.3, -0.25) is 0 Å². The summed E-state index contributed by atoms with van der Waals surface area (Å²) in [6.07, 6.45) is 2.14. The first-order valence-electron chi connectivity index (χ1n) is 5.66. The number of rotatable bonds is 5. The van der Waals surface area contributed by atoms with Crippen molar-refractivity contribution in [3.63, 3.8) is 0 Å². The molecule has 0 saturated heterocycles. The maximum atomic E-state index is 5.95. The van der Waals surface area contributed by atoms with Gasteiger partial charge < -0.3 is 10.5 Å². The fraction of sp³-hybridized carbons (Fsp3) is 0.538. The Morgan fingerprint density at radius 1 is 1.44 bits per heavy atom. The second-order valence-electron chi connectivity index (χ2n) is 4.20. The van der Waals surface area contributed by atoms with Crippen LogP contribution in [0.2, 0.25) is 0 Å². The first kappa shape index (κ1) is 13.5. The first-order valence-corrected chi connectivity index (χ1v) is 6.45. The van der Waals surface area contributed by atoms with E-state index in [9.17, 15) is 0 Å². The van der Waals surface area contributed by atoms with Crippen LogP contribution in [0.25, 0.3) is 0 Å². The minimum absolute atomic E-state index is 0.242. The molecule has 0 spiro atoms. The molecular weight excluding hydrogens is 266 g/mol. The molecule has 3 heteroatoms. The van der Waals surface area contributed by atoms with Crippen LogP contribution in [-0.4, -0.2) is 13.2 Å². The molecule has 0 amide bonds. The van der Waals surface area contributed by atoms with Gasteiger partial charge in [0.25, 0.3) is 0 Å². The van der Waals surface area contributed by atoms with E-state index in [0.29, 0.717) is 5.92 Å². The SMILES string of the molecule is CCC(Cc1ccc(OC)c(Br)c1)C(C)N. The number of methoxy groups -OCH3 is 1. The largest absolute Gasteiger partial charge is 0.496 e. The Morgan fingerprint density at radius 2 is 2.12 bits per heavy atom. The number of hydrogen-bond acceptors (Lipinski definition) is 2. The smallest absolute Gasteiger partial charge is 0.133 e. The second kappa shape index (κ2) is 6.26. The third kappa shape index (κ3) is 3.49. The molecule has 90 valence electrons. The first-order chi connectivity index (χ1) is 7.58. The van der Waals surface area contributed by atoms with E-state index < -0.39 is 0 Å². The van der Waals surface area contributed by atoms with Crippen molar-refractivity contribution in [1.29, 1.82) is 0 Å². The topological polar surface area (TPSA) is 35.2 Å². The van der Waals surface area contributed by atoms with E-state index in [-0.39, 0.29) is 6.04 Å². The fourth-order valence-electron chi connectivity index (χ4n) is 1.84. The van der Waals surface area contributed by atoms with Crippen LogP contribution in [0, 0.1) is 5.92 Å². The number of ether oxygens (including phenoxy) is 1. The molecule has 2 unspecified atom stereocenters. The highest BCUT2D eigenvalue weighted by Gasteiger charge is 2.13. The van der Waals surface area contributed by atoms with Gasteiger partial charge in [0.15, 0.2) is 0 Å². The zero-order valence-electron chi connectivity index (χ0n) is 10.2. The van der Waals surface area contributed by atoms with Crippen LogP contribution < -0.4 is 10.5 Å². The van der Waals surface area contributed by atoms with Crippen molar-refractivity contribution >= 4 is 15.9 Å². The normalized spacial score (nSPS) is 14.6. The van der Waals surface area contributed by atoms with Gasteiger partial charge in [-0.15, -0.1) is 0 Å². The summed E-state index contributed by atoms with van der Waals surface area (Å²) in [6, 6.07) is 6.46. The molecule has 0 heterocycles. The Morgan fingerprint density at radius 3 is 2.56 bits per heavy atom. The summed E-state index contributed by atoms with van der Waals surface area (Å²) in [6.45, 7) is 4.26. The predicted molar refractivity (Wildman–Crippen MR) is 71.8 cm³/mol. The zero-order chi connectivity index (χ0) is 12.1. The maximum Gasteiger partial charge on any atom is 0.133 e. The summed E-state index contributed by atoms with van der Waals surface area (Å²) in [5.41, 5.74) is 7.26. The third-order valence-electron chi connectivity index (χ3n) is 2.98. The number of hydrogen-bond donors (Lipinski definition) is 1. The molecule has 0 bridgehead atoms. The Hall–Kier alpha value is -0.540. The van der Waals surface area contributed by atoms with Gasteiger partial charge in [0.05, 0.1) is 11.6 Å². The Labute approximate surface area is 106 Å². The van der Waals surface area contributed by atoms with Gasteiger partial charge in [0.1, 0.15) is 5.75 Å². The molecule has 0 aliphatic carbocycles. The minimum Gasteiger partial charge on any atom is -0.496 e. The highest BCUT2D eigenvalue weighted by atomic mass is 79.9. The van der Waals surface area contributed by atoms with E-state index in [1.165, 1.54) is 5.56 Å². The van der Waals surface area contributed by atoms with Gasteiger partial charge >= 0.3 is 0 Å². The van der Waals surface area contributed by atoms with Crippen molar-refractivity contribution in [3.05, 3.63) is 28.2 Å². The Bertz CT molecular complexity index is 339. The van der Waals surface area contributed by atoms with Gasteiger partial charge in [-0.1, -0.05) is 19.4 Å². The van der Waals surface area contributed by atoms with Gasteiger partial charge in [-0.25, -0.2) is 0 Å². The quantitative estimate of drug-likeness (QED) is 0.900. The molecular formula is C13H20BrNO. The highest BCUT2D eigenvalue weighted by Crippen LogP contribution is 2.27. The molecule has 2 nitrogen and oxygen atoms in total. The lowest BCUT2D eigenvalue weighted by Gasteiger charge is -2.19. The molecule has 0 radical (unpaired) electrons. The van der Waals surface area contributed by atoms with Crippen LogP contribution in [0.5, 0.6) is 5.75 Å². The average molecular weight is 286 g/mol. The lowest BCUT2D eigenvalue weighted by Crippen LogP contribution is -2.27. The number of nitrogens with two attached hydrogens (primary N) is 1. The maximum absolute atomic E-state index is 5.95. The molecule has 1 aromatic rings. The highest BCUT2D eigenvalue weighted by molar-refractivity contribution is 9.10. The van der Waals surface area contributed by atoms with E-state index in [2.05, 4.69) is 41.9 Å². The predicted octanol–water partition coefficient (Wildman–Crippen LogP) is 3.37. The van der Waals surface area contributed by atoms with E-state index in [1.54, 1.807) is 7.11 Å². The summed E-state index contributed by atoms with van der Waals surface area (Å²) in [5.74, 6) is 1.41. The Kier molecular flexibility index (Phi) is 5.29. The van der Waals surface area contributed by atoms with Gasteiger partial charge in [-0.05, 0) is 52.9 Å². The van der Waals surface area contributed by atoms with Crippen LogP contribution in [0.4, 0.5) is 0 Å². The van der Waals surface area contributed by atoms with Crippen LogP contribution >= 0.6 is 15.9 Å². The van der Waals surface area contributed by atoms with Crippen molar-refractivity contribution in [3.8, 4) is 5.75 Å². The van der Waals surface area contributed by atoms with Crippen LogP contribution in [0.15, 0.2) is 22.7 Å². The van der Waals surface area contributed by atoms with E-state index >= 15 is 0 Å². The summed E-state index contributed by atoms with van der Waals surface area (Å²) in [4.78, 5) is 0. The number of benzene rings is 1. The lowest BCUT2D eigenvalue weighted by molar-refractivity contribution is 0.410. The number of halogens is 1. The molecule has 0 fully saturated rings. The second-order valence-corrected chi connectivity index (χ2v) is 5.05. The van der Waals surface area contributed by atoms with Gasteiger partial charge in [0.2, 0.25) is 0 Å². The molecule has 0 aliphatic heterocycles. The average Bonchev–Trinajstić information content (AvgIpc) is 2.25. The fourth-order valence-corrected chi connectivity index (χ4v) is 2.43. The summed E-state index contributed by atoms with van der Waals surface area (Å²) in [5, 5.41) is 0. The lowest BCUT2D eigenvalue weighted by atomic mass is 9.91. The van der Waals surface area contributed by atoms with E-state index in [0.717, 1.165) is 23.1 Å². The van der Waals surface area contributed by atoms with E-state index in [1.807, 2.05) is 6.07 Å². The van der Waals surface area contributed by atoms with Crippen LogP contribution in [0.1, 0.15) is 25.8 Å². The van der Waals surface area contributed by atoms with Crippen molar-refractivity contribution in [2.24, 2.45) is 11.7 Å². The van der Waals surface area contributed by atoms with Crippen molar-refractivity contribution in [2.45, 2.75) is 32.7 Å². The monoisotopic (exact) mass is 285 g/mol. The molecule has 16 heavy (non-hydrogen) atoms. The molecule has 0 aliphatic rings. The third-order valence-corrected chi connectivity index (χ3v) is 3.60. The Balaban J connectivity index is 2.78. The molecule has 2 atom stereocenters. The summed E-state index contributed by atoms with van der Waals surface area (Å²) in [7, 11) is 1.68. The summed E-state index contributed by atoms with van der Waals surface area (Å²) < 4.78 is 6.21.